The van der Waals surface area contributed by atoms with Crippen LogP contribution in [0.2, 0.25) is 10.0 Å². The smallest absolute Gasteiger partial charge is 0.249 e. The number of amides is 2. The first-order valence-corrected chi connectivity index (χ1v) is 14.7. The van der Waals surface area contributed by atoms with Crippen molar-refractivity contribution >= 4 is 68.2 Å². The molecule has 0 spiro atoms. The van der Waals surface area contributed by atoms with Crippen molar-refractivity contribution in [1.29, 1.82) is 0 Å². The van der Waals surface area contributed by atoms with Gasteiger partial charge in [0.25, 0.3) is 0 Å². The monoisotopic (exact) mass is 637 g/mol. The first kappa shape index (κ1) is 28.8. The fraction of sp³-hybridized carbons (Fsp3) is 0.207. The van der Waals surface area contributed by atoms with Crippen LogP contribution in [0.25, 0.3) is 32.6 Å². The maximum Gasteiger partial charge on any atom is 0.249 e. The highest BCUT2D eigenvalue weighted by Crippen LogP contribution is 2.33. The number of rotatable bonds is 7. The van der Waals surface area contributed by atoms with Crippen molar-refractivity contribution in [3.8, 4) is 21.7 Å². The van der Waals surface area contributed by atoms with Crippen LogP contribution in [0, 0.1) is 0 Å². The van der Waals surface area contributed by atoms with Gasteiger partial charge in [0.2, 0.25) is 16.9 Å². The molecule has 1 aliphatic rings. The van der Waals surface area contributed by atoms with Crippen molar-refractivity contribution in [3.63, 3.8) is 0 Å². The van der Waals surface area contributed by atoms with Gasteiger partial charge in [-0.3, -0.25) is 19.7 Å². The number of benzene rings is 2. The van der Waals surface area contributed by atoms with Crippen LogP contribution in [0.1, 0.15) is 23.7 Å². The second kappa shape index (κ2) is 11.8. The van der Waals surface area contributed by atoms with Crippen molar-refractivity contribution in [2.75, 3.05) is 11.9 Å². The van der Waals surface area contributed by atoms with Crippen LogP contribution in [-0.2, 0) is 16.1 Å². The minimum atomic E-state index is -1.37. The Bertz CT molecular complexity index is 1880. The van der Waals surface area contributed by atoms with Gasteiger partial charge in [0, 0.05) is 40.2 Å². The SMILES string of the molecule is CC(=O)c1cn(CC(=O)N2C[C@H](F)C[C@H]2C(=O)Nc2nnc(-c3ccc(Cl)c(Cl)c3)s2)c2ccc(-c3ccnnc3)cc12. The van der Waals surface area contributed by atoms with E-state index in [1.807, 2.05) is 24.3 Å². The summed E-state index contributed by atoms with van der Waals surface area (Å²) in [4.78, 5) is 40.4. The van der Waals surface area contributed by atoms with Crippen molar-refractivity contribution in [2.24, 2.45) is 0 Å². The lowest BCUT2D eigenvalue weighted by molar-refractivity contribution is -0.137. The van der Waals surface area contributed by atoms with Crippen LogP contribution in [0.3, 0.4) is 0 Å². The number of nitrogens with zero attached hydrogens (tertiary/aromatic N) is 6. The fourth-order valence-electron chi connectivity index (χ4n) is 5.10. The van der Waals surface area contributed by atoms with E-state index in [2.05, 4.69) is 25.7 Å². The molecule has 10 nitrogen and oxygen atoms in total. The predicted molar refractivity (Wildman–Crippen MR) is 162 cm³/mol. The zero-order valence-electron chi connectivity index (χ0n) is 22.5. The number of Topliss-reactive ketones (excluding diaryl/α,β-unsaturated/α-hetero) is 1. The topological polar surface area (TPSA) is 123 Å². The summed E-state index contributed by atoms with van der Waals surface area (Å²) in [6.07, 6.45) is 3.30. The molecule has 14 heteroatoms. The molecule has 3 aromatic heterocycles. The van der Waals surface area contributed by atoms with Crippen LogP contribution in [-0.4, -0.2) is 66.2 Å². The van der Waals surface area contributed by atoms with Gasteiger partial charge in [0.1, 0.15) is 23.8 Å². The predicted octanol–water partition coefficient (Wildman–Crippen LogP) is 5.70. The van der Waals surface area contributed by atoms with Crippen LogP contribution in [0.15, 0.2) is 61.1 Å². The van der Waals surface area contributed by atoms with Gasteiger partial charge in [-0.1, -0.05) is 46.7 Å². The Morgan fingerprint density at radius 1 is 1.02 bits per heavy atom. The van der Waals surface area contributed by atoms with E-state index in [1.54, 1.807) is 41.4 Å². The summed E-state index contributed by atoms with van der Waals surface area (Å²) in [5.74, 6) is -1.19. The number of aromatic nitrogens is 5. The van der Waals surface area contributed by atoms with E-state index in [9.17, 15) is 18.8 Å². The maximum atomic E-state index is 14.6. The molecule has 0 bridgehead atoms. The zero-order valence-corrected chi connectivity index (χ0v) is 24.8. The first-order valence-electron chi connectivity index (χ1n) is 13.1. The quantitative estimate of drug-likeness (QED) is 0.227. The molecule has 1 fully saturated rings. The van der Waals surface area contributed by atoms with Gasteiger partial charge in [-0.05, 0) is 42.8 Å². The fourth-order valence-corrected chi connectivity index (χ4v) is 6.14. The number of hydrogen-bond acceptors (Lipinski definition) is 8. The highest BCUT2D eigenvalue weighted by Gasteiger charge is 2.40. The molecule has 0 aliphatic carbocycles. The molecule has 4 heterocycles. The Balaban J connectivity index is 1.21. The molecular weight excluding hydrogens is 616 g/mol. The number of carbonyl (C=O) groups is 3. The summed E-state index contributed by atoms with van der Waals surface area (Å²) < 4.78 is 16.3. The standard InChI is InChI=1S/C29H22Cl2FN7O3S/c1-15(40)21-13-38(24-5-3-16(8-20(21)24)18-6-7-33-34-11-18)14-26(41)39-12-19(32)10-25(39)27(42)35-29-37-36-28(43-29)17-2-4-22(30)23(31)9-17/h2-9,11,13,19,25H,10,12,14H2,1H3,(H,35,37,42)/t19-,25+/m1/s1. The number of halogens is 3. The number of fused-ring (bicyclic) bond motifs is 1. The normalized spacial score (nSPS) is 16.5. The third-order valence-corrected chi connectivity index (χ3v) is 8.81. The molecule has 218 valence electrons. The third kappa shape index (κ3) is 5.85. The number of ketones is 1. The molecule has 0 unspecified atom stereocenters. The molecule has 2 aromatic carbocycles. The lowest BCUT2D eigenvalue weighted by Gasteiger charge is -2.23. The summed E-state index contributed by atoms with van der Waals surface area (Å²) in [5, 5.41) is 20.6. The van der Waals surface area contributed by atoms with Gasteiger partial charge in [-0.15, -0.1) is 10.2 Å². The summed E-state index contributed by atoms with van der Waals surface area (Å²) in [5.41, 5.74) is 3.44. The second-order valence-electron chi connectivity index (χ2n) is 10.0. The maximum absolute atomic E-state index is 14.6. The first-order chi connectivity index (χ1) is 20.7. The van der Waals surface area contributed by atoms with E-state index >= 15 is 0 Å². The number of anilines is 1. The minimum Gasteiger partial charge on any atom is -0.337 e. The average Bonchev–Trinajstić information content (AvgIpc) is 3.72. The number of likely N-dealkylation sites (tertiary alicyclic amines) is 1. The Kier molecular flexibility index (Phi) is 7.91. The van der Waals surface area contributed by atoms with Crippen LogP contribution >= 0.6 is 34.5 Å². The molecule has 43 heavy (non-hydrogen) atoms. The van der Waals surface area contributed by atoms with E-state index < -0.39 is 24.0 Å². The van der Waals surface area contributed by atoms with Crippen molar-refractivity contribution < 1.29 is 18.8 Å². The van der Waals surface area contributed by atoms with Crippen LogP contribution in [0.4, 0.5) is 9.52 Å². The lowest BCUT2D eigenvalue weighted by atomic mass is 10.0. The average molecular weight is 639 g/mol. The molecule has 6 rings (SSSR count). The van der Waals surface area contributed by atoms with Crippen molar-refractivity contribution in [2.45, 2.75) is 32.1 Å². The zero-order chi connectivity index (χ0) is 30.2. The van der Waals surface area contributed by atoms with Gasteiger partial charge >= 0.3 is 0 Å². The van der Waals surface area contributed by atoms with Gasteiger partial charge in [0.05, 0.1) is 29.0 Å². The second-order valence-corrected chi connectivity index (χ2v) is 11.8. The number of carbonyl (C=O) groups excluding carboxylic acids is 3. The number of nitrogens with one attached hydrogen (secondary N) is 1. The molecule has 1 saturated heterocycles. The van der Waals surface area contributed by atoms with E-state index in [0.29, 0.717) is 37.1 Å². The Hall–Kier alpha value is -4.26. The third-order valence-electron chi connectivity index (χ3n) is 7.18. The molecule has 5 aromatic rings. The van der Waals surface area contributed by atoms with Gasteiger partial charge in [-0.25, -0.2) is 4.39 Å². The summed E-state index contributed by atoms with van der Waals surface area (Å²) in [6.45, 7) is 1.05. The summed E-state index contributed by atoms with van der Waals surface area (Å²) in [7, 11) is 0. The Morgan fingerprint density at radius 2 is 1.84 bits per heavy atom. The van der Waals surface area contributed by atoms with E-state index in [4.69, 9.17) is 23.2 Å². The number of hydrogen-bond donors (Lipinski definition) is 1. The van der Waals surface area contributed by atoms with E-state index in [-0.39, 0.29) is 30.4 Å². The van der Waals surface area contributed by atoms with Gasteiger partial charge in [0.15, 0.2) is 5.78 Å². The molecule has 1 N–H and O–H groups in total. The van der Waals surface area contributed by atoms with E-state index in [0.717, 1.165) is 22.5 Å². The van der Waals surface area contributed by atoms with Crippen molar-refractivity contribution in [1.82, 2.24) is 29.9 Å². The highest BCUT2D eigenvalue weighted by molar-refractivity contribution is 7.18. The molecule has 2 amide bonds. The molecule has 0 saturated carbocycles. The molecule has 1 aliphatic heterocycles. The summed E-state index contributed by atoms with van der Waals surface area (Å²) in [6, 6.07) is 11.3. The van der Waals surface area contributed by atoms with Crippen molar-refractivity contribution in [3.05, 3.63) is 76.7 Å². The van der Waals surface area contributed by atoms with Crippen LogP contribution in [0.5, 0.6) is 0 Å². The minimum absolute atomic E-state index is 0.148. The highest BCUT2D eigenvalue weighted by atomic mass is 35.5. The van der Waals surface area contributed by atoms with E-state index in [1.165, 1.54) is 11.8 Å². The largest absolute Gasteiger partial charge is 0.337 e. The number of alkyl halides is 1. The Morgan fingerprint density at radius 3 is 2.58 bits per heavy atom. The van der Waals surface area contributed by atoms with Crippen LogP contribution < -0.4 is 5.32 Å². The van der Waals surface area contributed by atoms with Gasteiger partial charge in [-0.2, -0.15) is 10.2 Å². The Labute approximate surface area is 258 Å². The molecular formula is C29H22Cl2FN7O3S. The molecule has 2 atom stereocenters. The summed E-state index contributed by atoms with van der Waals surface area (Å²) >= 11 is 13.2. The lowest BCUT2D eigenvalue weighted by Crippen LogP contribution is -2.44. The molecule has 0 radical (unpaired) electrons. The van der Waals surface area contributed by atoms with Gasteiger partial charge < -0.3 is 9.47 Å².